The Hall–Kier alpha value is -2.34. The molecule has 2 aliphatic rings. The van der Waals surface area contributed by atoms with E-state index in [1.54, 1.807) is 24.3 Å². The number of piperidine rings is 1. The Morgan fingerprint density at radius 3 is 2.38 bits per heavy atom. The molecule has 40 heavy (non-hydrogen) atoms. The zero-order valence-electron chi connectivity index (χ0n) is 21.6. The first-order valence-corrected chi connectivity index (χ1v) is 15.8. The minimum Gasteiger partial charge on any atom is -0.460 e. The molecule has 0 amide bonds. The average molecular weight is 620 g/mol. The van der Waals surface area contributed by atoms with Crippen molar-refractivity contribution in [3.8, 4) is 0 Å². The SMILES string of the molecule is O=Cc1cc2nnn(CCCN3CCC(OC(=O)C(O)(c4ccc(Cl)s4)c4ccc(Cl)s4)CC3)c2c2c1CCC2. The van der Waals surface area contributed by atoms with Gasteiger partial charge in [0.05, 0.1) is 23.9 Å². The fourth-order valence-corrected chi connectivity index (χ4v) is 8.16. The van der Waals surface area contributed by atoms with Gasteiger partial charge in [0, 0.05) is 25.2 Å². The van der Waals surface area contributed by atoms with Gasteiger partial charge in [-0.2, -0.15) is 0 Å². The summed E-state index contributed by atoms with van der Waals surface area (Å²) in [7, 11) is 0. The van der Waals surface area contributed by atoms with Crippen LogP contribution in [0.15, 0.2) is 30.3 Å². The predicted octanol–water partition coefficient (Wildman–Crippen LogP) is 5.50. The number of benzene rings is 1. The smallest absolute Gasteiger partial charge is 0.349 e. The van der Waals surface area contributed by atoms with E-state index in [9.17, 15) is 14.7 Å². The van der Waals surface area contributed by atoms with Gasteiger partial charge in [-0.3, -0.25) is 4.79 Å². The number of rotatable bonds is 9. The molecular weight excluding hydrogens is 591 g/mol. The van der Waals surface area contributed by atoms with Crippen molar-refractivity contribution in [3.63, 3.8) is 0 Å². The van der Waals surface area contributed by atoms with Crippen molar-refractivity contribution in [1.29, 1.82) is 0 Å². The fourth-order valence-electron chi connectivity index (χ4n) is 5.83. The van der Waals surface area contributed by atoms with E-state index in [0.717, 1.165) is 103 Å². The lowest BCUT2D eigenvalue weighted by Gasteiger charge is -2.33. The Bertz CT molecular complexity index is 1520. The number of carbonyl (C=O) groups excluding carboxylic acids is 2. The van der Waals surface area contributed by atoms with Crippen LogP contribution in [-0.4, -0.2) is 63.0 Å². The number of nitrogens with zero attached hydrogens (tertiary/aromatic N) is 4. The molecule has 12 heteroatoms. The van der Waals surface area contributed by atoms with Gasteiger partial charge in [0.1, 0.15) is 17.9 Å². The summed E-state index contributed by atoms with van der Waals surface area (Å²) in [4.78, 5) is 28.1. The Balaban J connectivity index is 1.05. The minimum absolute atomic E-state index is 0.282. The molecule has 1 saturated heterocycles. The lowest BCUT2D eigenvalue weighted by atomic mass is 9.99. The third-order valence-corrected chi connectivity index (χ3v) is 10.5. The highest BCUT2D eigenvalue weighted by Gasteiger charge is 2.45. The van der Waals surface area contributed by atoms with E-state index >= 15 is 0 Å². The molecule has 4 aromatic rings. The van der Waals surface area contributed by atoms with Crippen LogP contribution in [0.3, 0.4) is 0 Å². The molecule has 4 heterocycles. The maximum atomic E-state index is 13.4. The van der Waals surface area contributed by atoms with Crippen molar-refractivity contribution in [2.24, 2.45) is 0 Å². The molecule has 3 aromatic heterocycles. The van der Waals surface area contributed by atoms with Crippen LogP contribution in [-0.2, 0) is 34.5 Å². The Kier molecular flexibility index (Phi) is 8.00. The topological polar surface area (TPSA) is 97.5 Å². The van der Waals surface area contributed by atoms with Crippen LogP contribution in [0.25, 0.3) is 11.0 Å². The molecule has 0 saturated carbocycles. The normalized spacial score (nSPS) is 16.5. The number of carbonyl (C=O) groups is 2. The summed E-state index contributed by atoms with van der Waals surface area (Å²) in [6.45, 7) is 3.23. The standard InChI is InChI=1S/C28H28Cl2N4O4S2/c29-24-7-5-22(39-24)28(37,23-6-8-25(30)40-23)27(36)38-18-9-13-33(14-10-18)11-2-12-34-26-20-4-1-3-19(20)17(16-35)15-21(26)31-32-34/h5-8,15-16,18,37H,1-4,9-14H2. The first-order chi connectivity index (χ1) is 19.4. The number of aliphatic hydroxyl groups is 1. The molecule has 8 nitrogen and oxygen atoms in total. The molecule has 1 aliphatic carbocycles. The van der Waals surface area contributed by atoms with Gasteiger partial charge in [0.15, 0.2) is 0 Å². The van der Waals surface area contributed by atoms with Crippen molar-refractivity contribution in [2.75, 3.05) is 19.6 Å². The van der Waals surface area contributed by atoms with Crippen LogP contribution in [0.1, 0.15) is 56.9 Å². The third kappa shape index (κ3) is 5.21. The van der Waals surface area contributed by atoms with E-state index in [2.05, 4.69) is 15.2 Å². The second kappa shape index (κ2) is 11.5. The molecule has 0 bridgehead atoms. The van der Waals surface area contributed by atoms with Gasteiger partial charge in [0.25, 0.3) is 0 Å². The highest BCUT2D eigenvalue weighted by atomic mass is 35.5. The Morgan fingerprint density at radius 2 is 1.75 bits per heavy atom. The van der Waals surface area contributed by atoms with Crippen LogP contribution >= 0.6 is 45.9 Å². The molecule has 1 aliphatic heterocycles. The zero-order valence-corrected chi connectivity index (χ0v) is 24.8. The number of aldehydes is 1. The van der Waals surface area contributed by atoms with Gasteiger partial charge in [-0.1, -0.05) is 28.4 Å². The third-order valence-electron chi connectivity index (χ3n) is 7.84. The van der Waals surface area contributed by atoms with Crippen molar-refractivity contribution in [2.45, 2.75) is 56.8 Å². The number of halogens is 2. The fraction of sp³-hybridized carbons (Fsp3) is 0.429. The van der Waals surface area contributed by atoms with E-state index in [-0.39, 0.29) is 6.10 Å². The highest BCUT2D eigenvalue weighted by molar-refractivity contribution is 7.18. The summed E-state index contributed by atoms with van der Waals surface area (Å²) in [5, 5.41) is 20.3. The summed E-state index contributed by atoms with van der Waals surface area (Å²) < 4.78 is 8.81. The first-order valence-electron chi connectivity index (χ1n) is 13.4. The van der Waals surface area contributed by atoms with Crippen molar-refractivity contribution < 1.29 is 19.4 Å². The molecule has 6 rings (SSSR count). The number of aromatic nitrogens is 3. The molecule has 1 N–H and O–H groups in total. The maximum absolute atomic E-state index is 13.4. The van der Waals surface area contributed by atoms with Crippen molar-refractivity contribution in [3.05, 3.63) is 65.4 Å². The van der Waals surface area contributed by atoms with Gasteiger partial charge < -0.3 is 14.7 Å². The average Bonchev–Trinajstić information content (AvgIpc) is 3.76. The minimum atomic E-state index is -1.94. The molecule has 0 unspecified atom stereocenters. The number of esters is 1. The van der Waals surface area contributed by atoms with E-state index in [4.69, 9.17) is 27.9 Å². The zero-order chi connectivity index (χ0) is 27.9. The number of hydrogen-bond donors (Lipinski definition) is 1. The summed E-state index contributed by atoms with van der Waals surface area (Å²) >= 11 is 14.5. The van der Waals surface area contributed by atoms with Crippen LogP contribution in [0.2, 0.25) is 8.67 Å². The Labute approximate surface area is 249 Å². The molecule has 210 valence electrons. The lowest BCUT2D eigenvalue weighted by molar-refractivity contribution is -0.169. The molecule has 1 fully saturated rings. The van der Waals surface area contributed by atoms with E-state index in [1.807, 2.05) is 10.7 Å². The Morgan fingerprint density at radius 1 is 1.07 bits per heavy atom. The van der Waals surface area contributed by atoms with Crippen LogP contribution < -0.4 is 0 Å². The van der Waals surface area contributed by atoms with Crippen LogP contribution in [0, 0.1) is 0 Å². The van der Waals surface area contributed by atoms with Gasteiger partial charge in [0.2, 0.25) is 5.60 Å². The van der Waals surface area contributed by atoms with E-state index < -0.39 is 11.6 Å². The quantitative estimate of drug-likeness (QED) is 0.195. The van der Waals surface area contributed by atoms with Gasteiger partial charge >= 0.3 is 5.97 Å². The number of likely N-dealkylation sites (tertiary alicyclic amines) is 1. The van der Waals surface area contributed by atoms with Crippen molar-refractivity contribution >= 4 is 69.2 Å². The number of hydrogen-bond acceptors (Lipinski definition) is 9. The summed E-state index contributed by atoms with van der Waals surface area (Å²) in [6, 6.07) is 8.48. The monoisotopic (exact) mass is 618 g/mol. The summed E-state index contributed by atoms with van der Waals surface area (Å²) in [6.07, 6.45) is 5.88. The van der Waals surface area contributed by atoms with Gasteiger partial charge in [-0.05, 0) is 86.5 Å². The second-order valence-electron chi connectivity index (χ2n) is 10.3. The first kappa shape index (κ1) is 27.8. The van der Waals surface area contributed by atoms with E-state index in [0.29, 0.717) is 31.3 Å². The molecule has 0 spiro atoms. The molecule has 1 aromatic carbocycles. The number of ether oxygens (including phenoxy) is 1. The highest BCUT2D eigenvalue weighted by Crippen LogP contribution is 2.41. The van der Waals surface area contributed by atoms with Crippen LogP contribution in [0.4, 0.5) is 0 Å². The summed E-state index contributed by atoms with van der Waals surface area (Å²) in [5.74, 6) is -0.702. The number of thiophene rings is 2. The summed E-state index contributed by atoms with van der Waals surface area (Å²) in [5.41, 5.74) is 3.03. The van der Waals surface area contributed by atoms with Gasteiger partial charge in [-0.25, -0.2) is 9.48 Å². The van der Waals surface area contributed by atoms with Crippen LogP contribution in [0.5, 0.6) is 0 Å². The molecular formula is C28H28Cl2N4O4S2. The van der Waals surface area contributed by atoms with Gasteiger partial charge in [-0.15, -0.1) is 27.8 Å². The predicted molar refractivity (Wildman–Crippen MR) is 157 cm³/mol. The lowest BCUT2D eigenvalue weighted by Crippen LogP contribution is -2.43. The number of aryl methyl sites for hydroxylation is 2. The molecule has 0 radical (unpaired) electrons. The number of fused-ring (bicyclic) bond motifs is 3. The van der Waals surface area contributed by atoms with Crippen molar-refractivity contribution in [1.82, 2.24) is 19.9 Å². The van der Waals surface area contributed by atoms with E-state index in [1.165, 1.54) is 5.56 Å². The second-order valence-corrected chi connectivity index (χ2v) is 13.7. The molecule has 0 atom stereocenters. The largest absolute Gasteiger partial charge is 0.460 e. The maximum Gasteiger partial charge on any atom is 0.349 e.